The molecule has 0 saturated carbocycles. The summed E-state index contributed by atoms with van der Waals surface area (Å²) in [6.45, 7) is 2.57. The number of carbonyl (C=O) groups excluding carboxylic acids is 2. The molecule has 0 aromatic carbocycles. The number of esters is 1. The molecule has 72 valence electrons. The van der Waals surface area contributed by atoms with Crippen molar-refractivity contribution in [2.75, 3.05) is 13.2 Å². The van der Waals surface area contributed by atoms with Crippen LogP contribution in [0.4, 0.5) is 0 Å². The Balaban J connectivity index is 2.44. The number of hydrogen-bond donors (Lipinski definition) is 1. The average molecular weight is 188 g/mol. The molecule has 6 nitrogen and oxygen atoms in total. The molecule has 1 saturated heterocycles. The summed E-state index contributed by atoms with van der Waals surface area (Å²) in [5.41, 5.74) is -0.125. The van der Waals surface area contributed by atoms with Gasteiger partial charge in [0, 0.05) is 0 Å². The van der Waals surface area contributed by atoms with Crippen LogP contribution in [0.2, 0.25) is 0 Å². The predicted octanol–water partition coefficient (Wildman–Crippen LogP) is -1.06. The van der Waals surface area contributed by atoms with E-state index in [4.69, 9.17) is 5.11 Å². The SMILES string of the molecule is C=C(CO)C(=O)OC1COOC1=O. The largest absolute Gasteiger partial charge is 0.444 e. The van der Waals surface area contributed by atoms with E-state index in [-0.39, 0.29) is 12.2 Å². The van der Waals surface area contributed by atoms with Gasteiger partial charge in [0.15, 0.2) is 0 Å². The Kier molecular flexibility index (Phi) is 2.99. The van der Waals surface area contributed by atoms with E-state index in [1.54, 1.807) is 0 Å². The van der Waals surface area contributed by atoms with Crippen LogP contribution in [0.3, 0.4) is 0 Å². The zero-order chi connectivity index (χ0) is 9.84. The molecule has 1 fully saturated rings. The number of aliphatic hydroxyl groups is 1. The molecular formula is C7H8O6. The van der Waals surface area contributed by atoms with Crippen molar-refractivity contribution in [3.8, 4) is 0 Å². The van der Waals surface area contributed by atoms with E-state index in [0.29, 0.717) is 0 Å². The maximum Gasteiger partial charge on any atom is 0.385 e. The molecule has 1 N–H and O–H groups in total. The van der Waals surface area contributed by atoms with Gasteiger partial charge in [-0.2, -0.15) is 4.89 Å². The molecule has 1 aliphatic rings. The number of rotatable bonds is 3. The minimum Gasteiger partial charge on any atom is -0.444 e. The normalized spacial score (nSPS) is 21.0. The lowest BCUT2D eigenvalue weighted by Crippen LogP contribution is -2.26. The maximum absolute atomic E-state index is 10.9. The van der Waals surface area contributed by atoms with Crippen molar-refractivity contribution in [1.29, 1.82) is 0 Å². The lowest BCUT2D eigenvalue weighted by Gasteiger charge is -2.06. The van der Waals surface area contributed by atoms with Crippen LogP contribution in [0.1, 0.15) is 0 Å². The van der Waals surface area contributed by atoms with Crippen molar-refractivity contribution in [3.63, 3.8) is 0 Å². The first-order valence-electron chi connectivity index (χ1n) is 3.48. The molecule has 0 aromatic heterocycles. The van der Waals surface area contributed by atoms with Gasteiger partial charge in [0.05, 0.1) is 12.2 Å². The van der Waals surface area contributed by atoms with Crippen LogP contribution < -0.4 is 0 Å². The molecule has 1 heterocycles. The zero-order valence-electron chi connectivity index (χ0n) is 6.69. The molecule has 1 unspecified atom stereocenters. The van der Waals surface area contributed by atoms with Crippen molar-refractivity contribution < 1.29 is 29.2 Å². The Hall–Kier alpha value is -1.40. The highest BCUT2D eigenvalue weighted by Gasteiger charge is 2.32. The lowest BCUT2D eigenvalue weighted by atomic mass is 10.3. The molecule has 1 aliphatic heterocycles. The first-order valence-corrected chi connectivity index (χ1v) is 3.48. The van der Waals surface area contributed by atoms with Gasteiger partial charge in [0.2, 0.25) is 6.10 Å². The van der Waals surface area contributed by atoms with Crippen molar-refractivity contribution in [2.45, 2.75) is 6.10 Å². The minimum absolute atomic E-state index is 0.125. The van der Waals surface area contributed by atoms with Gasteiger partial charge in [-0.25, -0.2) is 9.59 Å². The second kappa shape index (κ2) is 4.01. The summed E-state index contributed by atoms with van der Waals surface area (Å²) in [5, 5.41) is 8.50. The molecule has 6 heteroatoms. The fraction of sp³-hybridized carbons (Fsp3) is 0.429. The Morgan fingerprint density at radius 3 is 2.92 bits per heavy atom. The predicted molar refractivity (Wildman–Crippen MR) is 38.1 cm³/mol. The highest BCUT2D eigenvalue weighted by Crippen LogP contribution is 2.08. The van der Waals surface area contributed by atoms with Crippen LogP contribution in [0.5, 0.6) is 0 Å². The Bertz CT molecular complexity index is 245. The topological polar surface area (TPSA) is 82.1 Å². The zero-order valence-corrected chi connectivity index (χ0v) is 6.69. The first kappa shape index (κ1) is 9.69. The van der Waals surface area contributed by atoms with Crippen molar-refractivity contribution in [3.05, 3.63) is 12.2 Å². The van der Waals surface area contributed by atoms with Crippen molar-refractivity contribution in [2.24, 2.45) is 0 Å². The van der Waals surface area contributed by atoms with E-state index >= 15 is 0 Å². The summed E-state index contributed by atoms with van der Waals surface area (Å²) in [6, 6.07) is 0. The molecule has 1 rings (SSSR count). The summed E-state index contributed by atoms with van der Waals surface area (Å²) in [6.07, 6.45) is -1.06. The van der Waals surface area contributed by atoms with Crippen LogP contribution in [-0.2, 0) is 24.1 Å². The summed E-state index contributed by atoms with van der Waals surface area (Å²) in [7, 11) is 0. The van der Waals surface area contributed by atoms with Crippen LogP contribution in [-0.4, -0.2) is 36.4 Å². The third-order valence-corrected chi connectivity index (χ3v) is 1.35. The van der Waals surface area contributed by atoms with Gasteiger partial charge in [-0.3, -0.25) is 4.89 Å². The van der Waals surface area contributed by atoms with Crippen LogP contribution in [0.25, 0.3) is 0 Å². The number of hydrogen-bond acceptors (Lipinski definition) is 6. The first-order chi connectivity index (χ1) is 6.15. The fourth-order valence-electron chi connectivity index (χ4n) is 0.635. The van der Waals surface area contributed by atoms with Gasteiger partial charge in [-0.05, 0) is 0 Å². The van der Waals surface area contributed by atoms with E-state index in [1.165, 1.54) is 0 Å². The number of aliphatic hydroxyl groups excluding tert-OH is 1. The number of ether oxygens (including phenoxy) is 1. The number of carbonyl (C=O) groups is 2. The third kappa shape index (κ3) is 2.27. The fourth-order valence-corrected chi connectivity index (χ4v) is 0.635. The van der Waals surface area contributed by atoms with Gasteiger partial charge in [-0.1, -0.05) is 6.58 Å². The highest BCUT2D eigenvalue weighted by atomic mass is 17.2. The molecule has 0 aromatic rings. The van der Waals surface area contributed by atoms with Crippen molar-refractivity contribution in [1.82, 2.24) is 0 Å². The monoisotopic (exact) mass is 188 g/mol. The smallest absolute Gasteiger partial charge is 0.385 e. The highest BCUT2D eigenvalue weighted by molar-refractivity contribution is 5.90. The summed E-state index contributed by atoms with van der Waals surface area (Å²) in [4.78, 5) is 30.0. The molecule has 13 heavy (non-hydrogen) atoms. The second-order valence-corrected chi connectivity index (χ2v) is 2.34. The Morgan fingerprint density at radius 1 is 1.77 bits per heavy atom. The van der Waals surface area contributed by atoms with E-state index < -0.39 is 24.6 Å². The van der Waals surface area contributed by atoms with Crippen molar-refractivity contribution >= 4 is 11.9 Å². The molecular weight excluding hydrogens is 180 g/mol. The van der Waals surface area contributed by atoms with Gasteiger partial charge < -0.3 is 9.84 Å². The molecule has 1 atom stereocenters. The molecule has 0 amide bonds. The molecule has 0 radical (unpaired) electrons. The Labute approximate surface area is 73.6 Å². The van der Waals surface area contributed by atoms with Gasteiger partial charge in [0.25, 0.3) is 0 Å². The average Bonchev–Trinajstić information content (AvgIpc) is 2.50. The van der Waals surface area contributed by atoms with Crippen LogP contribution in [0, 0.1) is 0 Å². The van der Waals surface area contributed by atoms with E-state index in [2.05, 4.69) is 21.1 Å². The standard InChI is InChI=1S/C7H8O6/c1-4(2-8)6(9)12-5-3-11-13-7(5)10/h5,8H,1-3H2. The summed E-state index contributed by atoms with van der Waals surface area (Å²) < 4.78 is 4.58. The third-order valence-electron chi connectivity index (χ3n) is 1.35. The van der Waals surface area contributed by atoms with Gasteiger partial charge in [-0.15, -0.1) is 0 Å². The summed E-state index contributed by atoms with van der Waals surface area (Å²) in [5.74, 6) is -1.60. The van der Waals surface area contributed by atoms with Crippen LogP contribution >= 0.6 is 0 Å². The van der Waals surface area contributed by atoms with Gasteiger partial charge >= 0.3 is 11.9 Å². The quantitative estimate of drug-likeness (QED) is 0.345. The lowest BCUT2D eigenvalue weighted by molar-refractivity contribution is -0.240. The van der Waals surface area contributed by atoms with Gasteiger partial charge in [0.1, 0.15) is 6.61 Å². The maximum atomic E-state index is 10.9. The minimum atomic E-state index is -1.06. The van der Waals surface area contributed by atoms with E-state index in [0.717, 1.165) is 0 Å². The Morgan fingerprint density at radius 2 is 2.46 bits per heavy atom. The molecule has 0 bridgehead atoms. The van der Waals surface area contributed by atoms with Crippen LogP contribution in [0.15, 0.2) is 12.2 Å². The molecule has 0 spiro atoms. The molecule has 0 aliphatic carbocycles. The second-order valence-electron chi connectivity index (χ2n) is 2.34. The summed E-state index contributed by atoms with van der Waals surface area (Å²) >= 11 is 0. The van der Waals surface area contributed by atoms with E-state index in [1.807, 2.05) is 0 Å². The van der Waals surface area contributed by atoms with E-state index in [9.17, 15) is 9.59 Å².